The molecule has 1 unspecified atom stereocenters. The van der Waals surface area contributed by atoms with E-state index in [2.05, 4.69) is 21.5 Å². The minimum absolute atomic E-state index is 0.113. The van der Waals surface area contributed by atoms with Crippen LogP contribution in [0.1, 0.15) is 6.92 Å². The van der Waals surface area contributed by atoms with Crippen molar-refractivity contribution in [2.24, 2.45) is 0 Å². The lowest BCUT2D eigenvalue weighted by molar-refractivity contribution is 0.298. The summed E-state index contributed by atoms with van der Waals surface area (Å²) in [5.74, 6) is 0. The molecule has 33 valence electrons. The molecule has 0 bridgehead atoms. The quantitative estimate of drug-likeness (QED) is 0.365. The molecule has 0 aliphatic heterocycles. The van der Waals surface area contributed by atoms with Crippen molar-refractivity contribution in [3.63, 3.8) is 0 Å². The van der Waals surface area contributed by atoms with Crippen LogP contribution in [0.2, 0.25) is 0 Å². The van der Waals surface area contributed by atoms with Gasteiger partial charge in [-0.25, -0.2) is 0 Å². The highest BCUT2D eigenvalue weighted by Gasteiger charge is 1.83. The van der Waals surface area contributed by atoms with Gasteiger partial charge in [-0.3, -0.25) is 0 Å². The third kappa shape index (κ3) is 2.17. The van der Waals surface area contributed by atoms with Gasteiger partial charge in [0.25, 0.3) is 0 Å². The largest absolute Gasteiger partial charge is 0.413 e. The first-order valence-electron chi connectivity index (χ1n) is 1.76. The molecule has 0 N–H and O–H groups in total. The first-order valence-corrected chi connectivity index (χ1v) is 2.17. The second kappa shape index (κ2) is 3.12. The zero-order valence-electron chi connectivity index (χ0n) is 3.77. The number of rotatable bonds is 2. The second-order valence-electron chi connectivity index (χ2n) is 1.06. The lowest BCUT2D eigenvalue weighted by Crippen LogP contribution is -1.98. The van der Waals surface area contributed by atoms with Gasteiger partial charge in [-0.2, -0.15) is 0 Å². The maximum Gasteiger partial charge on any atom is 0.247 e. The van der Waals surface area contributed by atoms with Crippen LogP contribution in [0, 0.1) is 0 Å². The van der Waals surface area contributed by atoms with Crippen molar-refractivity contribution in [3.8, 4) is 0 Å². The molecule has 0 aromatic heterocycles. The van der Waals surface area contributed by atoms with Crippen LogP contribution in [0.5, 0.6) is 0 Å². The average molecular weight is 99.2 g/mol. The van der Waals surface area contributed by atoms with Gasteiger partial charge in [0.15, 0.2) is 0 Å². The van der Waals surface area contributed by atoms with Crippen LogP contribution in [0.15, 0.2) is 12.7 Å². The fraction of sp³-hybridized carbons (Fsp3) is 0.500. The third-order valence-corrected chi connectivity index (χ3v) is 0.890. The van der Waals surface area contributed by atoms with Gasteiger partial charge in [-0.1, -0.05) is 6.08 Å². The highest BCUT2D eigenvalue weighted by molar-refractivity contribution is 5.98. The zero-order valence-corrected chi connectivity index (χ0v) is 4.77. The molecule has 0 amide bonds. The van der Waals surface area contributed by atoms with Gasteiger partial charge in [-0.05, 0) is 6.92 Å². The van der Waals surface area contributed by atoms with Crippen LogP contribution < -0.4 is 0 Å². The summed E-state index contributed by atoms with van der Waals surface area (Å²) in [5.41, 5.74) is 0. The van der Waals surface area contributed by atoms with E-state index in [-0.39, 0.29) is 6.10 Å². The summed E-state index contributed by atoms with van der Waals surface area (Å²) in [5, 5.41) is 0. The summed E-state index contributed by atoms with van der Waals surface area (Å²) >= 11 is 0. The van der Waals surface area contributed by atoms with E-state index in [1.165, 1.54) is 0 Å². The van der Waals surface area contributed by atoms with Crippen molar-refractivity contribution in [2.45, 2.75) is 13.0 Å². The third-order valence-electron chi connectivity index (χ3n) is 0.518. The van der Waals surface area contributed by atoms with Crippen molar-refractivity contribution in [1.82, 2.24) is 0 Å². The Balaban J connectivity index is 2.96. The summed E-state index contributed by atoms with van der Waals surface area (Å²) in [6.07, 6.45) is 1.81. The van der Waals surface area contributed by atoms with Gasteiger partial charge in [0.05, 0.1) is 6.10 Å². The predicted molar refractivity (Wildman–Crippen MR) is 26.5 cm³/mol. The van der Waals surface area contributed by atoms with Crippen molar-refractivity contribution < 1.29 is 4.43 Å². The molecule has 0 saturated carbocycles. The molecular weight excluding hydrogens is 92.1 g/mol. The lowest BCUT2D eigenvalue weighted by atomic mass is 10.4. The van der Waals surface area contributed by atoms with E-state index in [1.54, 1.807) is 6.08 Å². The molecule has 0 saturated heterocycles. The molecule has 1 nitrogen and oxygen atoms in total. The lowest BCUT2D eigenvalue weighted by Gasteiger charge is -1.97. The Hall–Kier alpha value is -0.0831. The Morgan fingerprint density at radius 3 is 2.50 bits per heavy atom. The fourth-order valence-corrected chi connectivity index (χ4v) is 0.144. The Kier molecular flexibility index (Phi) is 3.08. The summed E-state index contributed by atoms with van der Waals surface area (Å²) < 4.78 is 4.59. The van der Waals surface area contributed by atoms with Gasteiger partial charge in [0.1, 0.15) is 0 Å². The van der Waals surface area contributed by atoms with Gasteiger partial charge in [-0.15, -0.1) is 6.58 Å². The molecule has 0 heterocycles. The molecule has 0 fully saturated rings. The van der Waals surface area contributed by atoms with Crippen LogP contribution in [0.25, 0.3) is 0 Å². The van der Waals surface area contributed by atoms with E-state index in [0.29, 0.717) is 0 Å². The van der Waals surface area contributed by atoms with E-state index in [9.17, 15) is 0 Å². The van der Waals surface area contributed by atoms with E-state index in [0.717, 1.165) is 0 Å². The van der Waals surface area contributed by atoms with Crippen LogP contribution >= 0.6 is 0 Å². The Morgan fingerprint density at radius 2 is 2.50 bits per heavy atom. The average Bonchev–Trinajstić information content (AvgIpc) is 1.65. The normalized spacial score (nSPS) is 13.7. The molecule has 0 spiro atoms. The van der Waals surface area contributed by atoms with Crippen LogP contribution in [-0.4, -0.2) is 16.6 Å². The first kappa shape index (κ1) is 5.92. The summed E-state index contributed by atoms with van der Waals surface area (Å²) in [6.45, 7) is 5.36. The fourth-order valence-electron chi connectivity index (χ4n) is 0.0481. The van der Waals surface area contributed by atoms with E-state index in [1.807, 2.05) is 6.92 Å². The molecule has 0 aliphatic rings. The minimum Gasteiger partial charge on any atom is -0.413 e. The predicted octanol–water partition coefficient (Wildman–Crippen LogP) is 0.661. The van der Waals surface area contributed by atoms with Crippen LogP contribution in [0.3, 0.4) is 0 Å². The van der Waals surface area contributed by atoms with Gasteiger partial charge >= 0.3 is 0 Å². The monoisotopic (exact) mass is 99.0 g/mol. The maximum absolute atomic E-state index is 4.59. The first-order chi connectivity index (χ1) is 2.81. The molecule has 0 aromatic rings. The SMILES string of the molecule is C=CC(C)O[Si]. The van der Waals surface area contributed by atoms with E-state index >= 15 is 0 Å². The van der Waals surface area contributed by atoms with Gasteiger partial charge in [0, 0.05) is 0 Å². The topological polar surface area (TPSA) is 9.23 Å². The molecule has 3 radical (unpaired) electrons. The van der Waals surface area contributed by atoms with E-state index in [4.69, 9.17) is 0 Å². The maximum atomic E-state index is 4.59. The van der Waals surface area contributed by atoms with Crippen molar-refractivity contribution >= 4 is 10.5 Å². The Bertz CT molecular complexity index is 44.8. The highest BCUT2D eigenvalue weighted by Crippen LogP contribution is 1.82. The summed E-state index contributed by atoms with van der Waals surface area (Å²) in [7, 11) is 2.85. The highest BCUT2D eigenvalue weighted by atomic mass is 28.2. The minimum atomic E-state index is 0.113. The van der Waals surface area contributed by atoms with Crippen molar-refractivity contribution in [1.29, 1.82) is 0 Å². The van der Waals surface area contributed by atoms with Crippen LogP contribution in [0.4, 0.5) is 0 Å². The number of hydrogen-bond donors (Lipinski definition) is 0. The van der Waals surface area contributed by atoms with E-state index < -0.39 is 0 Å². The van der Waals surface area contributed by atoms with Crippen molar-refractivity contribution in [2.75, 3.05) is 0 Å². The van der Waals surface area contributed by atoms with Gasteiger partial charge < -0.3 is 4.43 Å². The second-order valence-corrected chi connectivity index (χ2v) is 1.29. The summed E-state index contributed by atoms with van der Waals surface area (Å²) in [6, 6.07) is 0. The molecule has 2 heteroatoms. The molecule has 6 heavy (non-hydrogen) atoms. The molecular formula is C4H7OSi. The van der Waals surface area contributed by atoms with Crippen molar-refractivity contribution in [3.05, 3.63) is 12.7 Å². The Labute approximate surface area is 41.6 Å². The van der Waals surface area contributed by atoms with Crippen LogP contribution in [-0.2, 0) is 4.43 Å². The zero-order chi connectivity index (χ0) is 4.99. The Morgan fingerprint density at radius 1 is 2.00 bits per heavy atom. The smallest absolute Gasteiger partial charge is 0.247 e. The van der Waals surface area contributed by atoms with Gasteiger partial charge in [0.2, 0.25) is 10.5 Å². The summed E-state index contributed by atoms with van der Waals surface area (Å²) in [4.78, 5) is 0. The number of hydrogen-bond acceptors (Lipinski definition) is 1. The molecule has 1 atom stereocenters. The standard InChI is InChI=1S/C4H7OSi/c1-3-4(2)5-6/h3-4H,1H2,2H3. The molecule has 0 rings (SSSR count). The molecule has 0 aromatic carbocycles. The molecule has 0 aliphatic carbocycles.